The quantitative estimate of drug-likeness (QED) is 0.368. The average Bonchev–Trinajstić information content (AvgIpc) is 2.73. The van der Waals surface area contributed by atoms with Crippen molar-refractivity contribution in [2.24, 2.45) is 0 Å². The van der Waals surface area contributed by atoms with Crippen LogP contribution in [-0.2, 0) is 25.4 Å². The summed E-state index contributed by atoms with van der Waals surface area (Å²) in [4.78, 5) is 35.7. The minimum atomic E-state index is -4.69. The second-order valence-corrected chi connectivity index (χ2v) is 7.79. The largest absolute Gasteiger partial charge is 0.547 e. The van der Waals surface area contributed by atoms with Gasteiger partial charge < -0.3 is 29.2 Å². The third-order valence-electron chi connectivity index (χ3n) is 5.23. The second-order valence-electron chi connectivity index (χ2n) is 7.79. The monoisotopic (exact) mass is 473 g/mol. The Morgan fingerprint density at radius 1 is 1.15 bits per heavy atom. The van der Waals surface area contributed by atoms with Gasteiger partial charge in [0.1, 0.15) is 23.8 Å². The van der Waals surface area contributed by atoms with Crippen molar-refractivity contribution in [1.82, 2.24) is 5.32 Å². The molecule has 1 aliphatic carbocycles. The molecule has 1 fully saturated rings. The maximum Gasteiger partial charge on any atom is 0.547 e. The van der Waals surface area contributed by atoms with E-state index in [-0.39, 0.29) is 23.8 Å². The van der Waals surface area contributed by atoms with Crippen molar-refractivity contribution >= 4 is 25.2 Å². The summed E-state index contributed by atoms with van der Waals surface area (Å²) in [5, 5.41) is 12.2. The number of amides is 1. The van der Waals surface area contributed by atoms with Crippen molar-refractivity contribution in [3.8, 4) is 5.75 Å². The number of alkyl halides is 3. The Labute approximate surface area is 187 Å². The summed E-state index contributed by atoms with van der Waals surface area (Å²) in [6.07, 6.45) is -3.11. The number of hydrogen-bond acceptors (Lipinski definition) is 8. The number of halogens is 3. The fraction of sp³-hybridized carbons (Fsp3) is 0.550. The molecule has 180 valence electrons. The van der Waals surface area contributed by atoms with Crippen LogP contribution >= 0.6 is 0 Å². The summed E-state index contributed by atoms with van der Waals surface area (Å²) in [6.45, 7) is -0.702. The molecular weight excluding hydrogens is 450 g/mol. The molecule has 33 heavy (non-hydrogen) atoms. The molecule has 0 unspecified atom stereocenters. The Morgan fingerprint density at radius 3 is 2.58 bits per heavy atom. The molecule has 1 aromatic rings. The molecule has 3 rings (SSSR count). The van der Waals surface area contributed by atoms with Gasteiger partial charge >= 0.3 is 25.4 Å². The molecule has 1 aliphatic heterocycles. The molecule has 1 heterocycles. The van der Waals surface area contributed by atoms with E-state index in [0.717, 1.165) is 32.1 Å². The lowest BCUT2D eigenvalue weighted by molar-refractivity contribution is -0.154. The van der Waals surface area contributed by atoms with E-state index in [0.29, 0.717) is 5.56 Å². The number of benzene rings is 1. The van der Waals surface area contributed by atoms with Crippen LogP contribution in [0.4, 0.5) is 18.0 Å². The lowest BCUT2D eigenvalue weighted by atomic mass is 9.72. The van der Waals surface area contributed by atoms with Gasteiger partial charge in [-0.3, -0.25) is 4.79 Å². The molecule has 0 spiro atoms. The molecule has 0 saturated heterocycles. The highest BCUT2D eigenvalue weighted by Gasteiger charge is 2.40. The van der Waals surface area contributed by atoms with E-state index < -0.39 is 50.5 Å². The Morgan fingerprint density at radius 2 is 1.88 bits per heavy atom. The predicted octanol–water partition coefficient (Wildman–Crippen LogP) is 2.68. The molecule has 0 radical (unpaired) electrons. The topological polar surface area (TPSA) is 120 Å². The smallest absolute Gasteiger partial charge is 0.534 e. The van der Waals surface area contributed by atoms with Crippen molar-refractivity contribution in [3.05, 3.63) is 29.3 Å². The van der Waals surface area contributed by atoms with E-state index >= 15 is 0 Å². The second kappa shape index (κ2) is 10.8. The zero-order valence-corrected chi connectivity index (χ0v) is 17.6. The van der Waals surface area contributed by atoms with E-state index in [9.17, 15) is 32.6 Å². The van der Waals surface area contributed by atoms with Crippen LogP contribution in [0.5, 0.6) is 5.75 Å². The number of fused-ring (bicyclic) bond motifs is 1. The molecule has 1 amide bonds. The summed E-state index contributed by atoms with van der Waals surface area (Å²) < 4.78 is 57.2. The standard InChI is InChI=1S/C20H23BF3NO8/c22-20(23,24)10-16(26)25-15-9-12-5-4-8-14(17(12)33-21(15)29)18(27)30-11-31-19(28)32-13-6-2-1-3-7-13/h4-5,8,13,15,29H,1-3,6-7,9-11H2,(H,25,26)/t15-/m0/s1. The molecule has 0 bridgehead atoms. The lowest BCUT2D eigenvalue weighted by Crippen LogP contribution is -2.53. The fourth-order valence-electron chi connectivity index (χ4n) is 3.71. The summed E-state index contributed by atoms with van der Waals surface area (Å²) in [5.74, 6) is -3.41. The first kappa shape index (κ1) is 24.7. The molecule has 1 aromatic carbocycles. The van der Waals surface area contributed by atoms with Gasteiger partial charge in [-0.2, -0.15) is 13.2 Å². The molecule has 0 aromatic heterocycles. The fourth-order valence-corrected chi connectivity index (χ4v) is 3.71. The van der Waals surface area contributed by atoms with E-state index in [4.69, 9.17) is 18.9 Å². The number of rotatable bonds is 6. The van der Waals surface area contributed by atoms with Gasteiger partial charge in [-0.1, -0.05) is 18.6 Å². The number of esters is 1. The highest BCUT2D eigenvalue weighted by atomic mass is 19.4. The van der Waals surface area contributed by atoms with Crippen LogP contribution in [0.25, 0.3) is 0 Å². The zero-order chi connectivity index (χ0) is 24.0. The average molecular weight is 473 g/mol. The molecule has 2 N–H and O–H groups in total. The van der Waals surface area contributed by atoms with Gasteiger partial charge in [0.25, 0.3) is 0 Å². The van der Waals surface area contributed by atoms with E-state index in [1.54, 1.807) is 0 Å². The molecule has 13 heteroatoms. The van der Waals surface area contributed by atoms with Crippen LogP contribution in [0, 0.1) is 0 Å². The number of para-hydroxylation sites is 1. The van der Waals surface area contributed by atoms with Crippen molar-refractivity contribution in [1.29, 1.82) is 0 Å². The molecule has 9 nitrogen and oxygen atoms in total. The first-order valence-corrected chi connectivity index (χ1v) is 10.5. The Bertz CT molecular complexity index is 875. The van der Waals surface area contributed by atoms with Gasteiger partial charge in [0.15, 0.2) is 0 Å². The van der Waals surface area contributed by atoms with Crippen LogP contribution in [0.1, 0.15) is 54.4 Å². The van der Waals surface area contributed by atoms with Crippen molar-refractivity contribution in [2.45, 2.75) is 63.2 Å². The van der Waals surface area contributed by atoms with Crippen molar-refractivity contribution < 1.29 is 51.4 Å². The SMILES string of the molecule is O=C(CC(F)(F)F)N[C@H]1Cc2cccc(C(=O)OCOC(=O)OC3CCCCC3)c2OB1O. The first-order valence-electron chi connectivity index (χ1n) is 10.5. The lowest BCUT2D eigenvalue weighted by Gasteiger charge is -2.29. The van der Waals surface area contributed by atoms with Crippen LogP contribution in [0.2, 0.25) is 0 Å². The van der Waals surface area contributed by atoms with Crippen LogP contribution in [-0.4, -0.2) is 55.2 Å². The zero-order valence-electron chi connectivity index (χ0n) is 17.6. The van der Waals surface area contributed by atoms with Crippen molar-refractivity contribution in [2.75, 3.05) is 6.79 Å². The molecule has 1 atom stereocenters. The highest BCUT2D eigenvalue weighted by molar-refractivity contribution is 6.47. The Hall–Kier alpha value is -2.96. The summed E-state index contributed by atoms with van der Waals surface area (Å²) in [7, 11) is -1.69. The van der Waals surface area contributed by atoms with Gasteiger partial charge in [0.2, 0.25) is 12.7 Å². The normalized spacial score (nSPS) is 18.5. The number of carbonyl (C=O) groups excluding carboxylic acids is 3. The summed E-state index contributed by atoms with van der Waals surface area (Å²) >= 11 is 0. The highest BCUT2D eigenvalue weighted by Crippen LogP contribution is 2.31. The minimum absolute atomic E-state index is 0.0406. The Kier molecular flexibility index (Phi) is 8.06. The maximum atomic E-state index is 12.4. The number of nitrogens with one attached hydrogen (secondary N) is 1. The van der Waals surface area contributed by atoms with E-state index in [1.165, 1.54) is 18.2 Å². The molecule has 1 saturated carbocycles. The van der Waals surface area contributed by atoms with Gasteiger partial charge in [-0.15, -0.1) is 0 Å². The third-order valence-corrected chi connectivity index (χ3v) is 5.23. The predicted molar refractivity (Wildman–Crippen MR) is 106 cm³/mol. The van der Waals surface area contributed by atoms with Crippen LogP contribution < -0.4 is 9.97 Å². The first-order chi connectivity index (χ1) is 15.6. The van der Waals surface area contributed by atoms with Gasteiger partial charge in [0.05, 0.1) is 5.94 Å². The third kappa shape index (κ3) is 7.27. The van der Waals surface area contributed by atoms with E-state index in [2.05, 4.69) is 5.32 Å². The number of carbonyl (C=O) groups is 3. The van der Waals surface area contributed by atoms with Crippen LogP contribution in [0.3, 0.4) is 0 Å². The molecule has 2 aliphatic rings. The minimum Gasteiger partial charge on any atom is -0.534 e. The Balaban J connectivity index is 1.54. The van der Waals surface area contributed by atoms with Gasteiger partial charge in [0, 0.05) is 0 Å². The maximum absolute atomic E-state index is 12.4. The molecular formula is C20H23BF3NO8. The summed E-state index contributed by atoms with van der Waals surface area (Å²) in [5.41, 5.74) is 0.278. The van der Waals surface area contributed by atoms with E-state index in [1.807, 2.05) is 0 Å². The van der Waals surface area contributed by atoms with Gasteiger partial charge in [-0.25, -0.2) is 9.59 Å². The van der Waals surface area contributed by atoms with Crippen molar-refractivity contribution in [3.63, 3.8) is 0 Å². The van der Waals surface area contributed by atoms with Gasteiger partial charge in [-0.05, 0) is 43.7 Å². The summed E-state index contributed by atoms with van der Waals surface area (Å²) in [6, 6.07) is 4.35. The number of hydrogen-bond donors (Lipinski definition) is 2. The van der Waals surface area contributed by atoms with Crippen LogP contribution in [0.15, 0.2) is 18.2 Å². The number of ether oxygens (including phenoxy) is 3.